The molecule has 34 nitrogen and oxygen atoms in total. The third-order valence-electron chi connectivity index (χ3n) is 10.7. The van der Waals surface area contributed by atoms with Crippen LogP contribution < -0.4 is 0 Å². The molecular formula is C41H68O34. The molecule has 436 valence electrons. The molecule has 16 atom stereocenters. The Morgan fingerprint density at radius 3 is 0.840 bits per heavy atom. The lowest BCUT2D eigenvalue weighted by Crippen LogP contribution is -2.61. The van der Waals surface area contributed by atoms with Gasteiger partial charge in [-0.2, -0.15) is 0 Å². The molecule has 3 aliphatic heterocycles. The largest absolute Gasteiger partial charge is 0.506 e. The van der Waals surface area contributed by atoms with Crippen molar-refractivity contribution in [1.29, 1.82) is 0 Å². The Kier molecular flexibility index (Phi) is 28.1. The molecule has 2 bridgehead atoms. The summed E-state index contributed by atoms with van der Waals surface area (Å²) in [5.41, 5.74) is 0. The topological polar surface area (TPSA) is 600 Å². The summed E-state index contributed by atoms with van der Waals surface area (Å²) in [6.07, 6.45) is -43.0. The fourth-order valence-corrected chi connectivity index (χ4v) is 6.68. The normalized spacial score (nSPS) is 39.0. The highest BCUT2D eigenvalue weighted by molar-refractivity contribution is 5.15. The van der Waals surface area contributed by atoms with Crippen molar-refractivity contribution in [3.05, 3.63) is 69.3 Å². The maximum Gasteiger partial charge on any atom is 0.319 e. The highest BCUT2D eigenvalue weighted by Gasteiger charge is 2.48. The monoisotopic (exact) mass is 1100 g/mol. The average Bonchev–Trinajstić information content (AvgIpc) is 3.38. The summed E-state index contributed by atoms with van der Waals surface area (Å²) in [5, 5.41) is 273. The second-order valence-corrected chi connectivity index (χ2v) is 15.9. The maximum absolute atomic E-state index is 11.0. The lowest BCUT2D eigenvalue weighted by molar-refractivity contribution is -0.329. The third-order valence-corrected chi connectivity index (χ3v) is 10.7. The van der Waals surface area contributed by atoms with Gasteiger partial charge in [0.05, 0.1) is 6.61 Å². The van der Waals surface area contributed by atoms with Crippen LogP contribution in [-0.4, -0.2) is 278 Å². The molecule has 1 fully saturated rings. The van der Waals surface area contributed by atoms with Crippen molar-refractivity contribution in [3.8, 4) is 0 Å². The van der Waals surface area contributed by atoms with Crippen LogP contribution in [0.2, 0.25) is 0 Å². The van der Waals surface area contributed by atoms with E-state index in [1.807, 2.05) is 0 Å². The first-order chi connectivity index (χ1) is 35.3. The summed E-state index contributed by atoms with van der Waals surface area (Å²) in [6.45, 7) is -6.94. The SMILES string of the molecule is OCC[C@H]1O[C@H]2OC(CO)[C@@H](O[C@@H](O)/C(O)=C(\O)[C@@H](CCO)O[C@@H](O)/C(O)=C(/O)[C@@H](CCO)O[C@@H](O)/C(O)=C(\O)[C@@H](CCO)O[C@@H](O)/C(O)=C(\O)[C@@H](CCO)O[C@@H](O)/C(O)=C(\O)[C@@H](CCO)OC(O)=C1O)[C@H](O)C2O. The van der Waals surface area contributed by atoms with Gasteiger partial charge in [-0.15, -0.1) is 0 Å². The molecule has 0 amide bonds. The summed E-state index contributed by atoms with van der Waals surface area (Å²) in [7, 11) is 0. The molecule has 0 spiro atoms. The molecule has 75 heavy (non-hydrogen) atoms. The van der Waals surface area contributed by atoms with Crippen LogP contribution in [0.5, 0.6) is 0 Å². The molecule has 0 radical (unpaired) electrons. The Morgan fingerprint density at radius 2 is 0.547 bits per heavy atom. The van der Waals surface area contributed by atoms with Crippen molar-refractivity contribution >= 4 is 0 Å². The minimum atomic E-state index is -2.85. The molecule has 3 heterocycles. The molecule has 26 N–H and O–H groups in total. The molecule has 1 saturated heterocycles. The Labute approximate surface area is 423 Å². The molecule has 0 aromatic heterocycles. The number of hydrogen-bond donors (Lipinski definition) is 26. The van der Waals surface area contributed by atoms with Gasteiger partial charge in [-0.25, -0.2) is 0 Å². The van der Waals surface area contributed by atoms with E-state index in [2.05, 4.69) is 0 Å². The van der Waals surface area contributed by atoms with Crippen molar-refractivity contribution < 1.29 is 171 Å². The number of rotatable bonds is 13. The van der Waals surface area contributed by atoms with Crippen LogP contribution in [0, 0.1) is 0 Å². The molecular weight excluding hydrogens is 1040 g/mol. The molecule has 2 unspecified atom stereocenters. The van der Waals surface area contributed by atoms with Crippen LogP contribution in [0.4, 0.5) is 0 Å². The van der Waals surface area contributed by atoms with E-state index in [1.54, 1.807) is 0 Å². The zero-order chi connectivity index (χ0) is 57.0. The number of aliphatic hydroxyl groups is 26. The third kappa shape index (κ3) is 18.0. The van der Waals surface area contributed by atoms with Crippen LogP contribution in [0.3, 0.4) is 0 Å². The van der Waals surface area contributed by atoms with Crippen LogP contribution in [0.15, 0.2) is 69.3 Å². The fraction of sp³-hybridized carbons (Fsp3) is 0.707. The van der Waals surface area contributed by atoms with Gasteiger partial charge >= 0.3 is 5.95 Å². The van der Waals surface area contributed by atoms with E-state index in [0.29, 0.717) is 0 Å². The summed E-state index contributed by atoms with van der Waals surface area (Å²) < 4.78 is 41.1. The van der Waals surface area contributed by atoms with E-state index < -0.39 is 253 Å². The Bertz CT molecular complexity index is 1940. The van der Waals surface area contributed by atoms with Crippen molar-refractivity contribution in [3.63, 3.8) is 0 Å². The quantitative estimate of drug-likeness (QED) is 0.0821. The minimum absolute atomic E-state index is 0.732. The predicted octanol–water partition coefficient (Wildman–Crippen LogP) is -5.06. The average molecular weight is 1100 g/mol. The van der Waals surface area contributed by atoms with E-state index in [9.17, 15) is 133 Å². The van der Waals surface area contributed by atoms with Gasteiger partial charge < -0.3 is 171 Å². The molecule has 0 saturated carbocycles. The van der Waals surface area contributed by atoms with Gasteiger partial charge in [-0.3, -0.25) is 0 Å². The summed E-state index contributed by atoms with van der Waals surface area (Å²) in [6, 6.07) is 0. The number of ether oxygens (including phenoxy) is 8. The number of aliphatic hydroxyl groups excluding tert-OH is 26. The summed E-state index contributed by atoms with van der Waals surface area (Å²) >= 11 is 0. The van der Waals surface area contributed by atoms with Crippen molar-refractivity contribution in [2.45, 2.75) is 137 Å². The van der Waals surface area contributed by atoms with Gasteiger partial charge in [-0.1, -0.05) is 0 Å². The second kappa shape index (κ2) is 31.9. The predicted molar refractivity (Wildman–Crippen MR) is 236 cm³/mol. The molecule has 34 heteroatoms. The zero-order valence-corrected chi connectivity index (χ0v) is 39.3. The van der Waals surface area contributed by atoms with Gasteiger partial charge in [-0.05, 0) is 0 Å². The molecule has 3 aliphatic rings. The van der Waals surface area contributed by atoms with Crippen LogP contribution >= 0.6 is 0 Å². The van der Waals surface area contributed by atoms with Crippen molar-refractivity contribution in [2.75, 3.05) is 46.2 Å². The van der Waals surface area contributed by atoms with Gasteiger partial charge in [0, 0.05) is 78.2 Å². The molecule has 0 aromatic carbocycles. The number of fused-ring (bicyclic) bond motifs is 25. The number of hydrogen-bond acceptors (Lipinski definition) is 34. The van der Waals surface area contributed by atoms with E-state index in [4.69, 9.17) is 37.9 Å². The summed E-state index contributed by atoms with van der Waals surface area (Å²) in [5.74, 6) is -18.9. The van der Waals surface area contributed by atoms with Gasteiger partial charge in [0.1, 0.15) is 54.9 Å². The Hall–Kier alpha value is -5.00. The zero-order valence-electron chi connectivity index (χ0n) is 39.3. The van der Waals surface area contributed by atoms with E-state index in [0.717, 1.165) is 0 Å². The highest BCUT2D eigenvalue weighted by Crippen LogP contribution is 2.31. The second-order valence-electron chi connectivity index (χ2n) is 15.9. The van der Waals surface area contributed by atoms with E-state index >= 15 is 0 Å². The lowest BCUT2D eigenvalue weighted by atomic mass is 9.98. The lowest BCUT2D eigenvalue weighted by Gasteiger charge is -2.43. The molecule has 3 rings (SSSR count). The maximum atomic E-state index is 11.0. The van der Waals surface area contributed by atoms with Crippen LogP contribution in [0.25, 0.3) is 0 Å². The first-order valence-corrected chi connectivity index (χ1v) is 22.3. The molecule has 0 aliphatic carbocycles. The first kappa shape index (κ1) is 66.1. The van der Waals surface area contributed by atoms with Crippen molar-refractivity contribution in [1.82, 2.24) is 0 Å². The highest BCUT2D eigenvalue weighted by atomic mass is 16.7. The smallest absolute Gasteiger partial charge is 0.319 e. The van der Waals surface area contributed by atoms with E-state index in [1.165, 1.54) is 0 Å². The summed E-state index contributed by atoms with van der Waals surface area (Å²) in [4.78, 5) is 0. The Morgan fingerprint density at radius 1 is 0.280 bits per heavy atom. The van der Waals surface area contributed by atoms with Crippen LogP contribution in [0.1, 0.15) is 38.5 Å². The van der Waals surface area contributed by atoms with Crippen LogP contribution in [-0.2, 0) is 37.9 Å². The standard InChI is InChI=1S/C41H68O34/c42-7-1-14-21(49)28(56)36(63)69-15(2-8-43)22(50)29(57)37(64)70-16(3-9-44)23(51)30(58)38(65)71-17(4-10-45)24(52)31(59)39(66)72-18(5-11-46)25(53)32(60)40(67)75-34-20(13-48)74-41(33(61)27(34)55)73-19(6-12-47)26(54)35(62)68-14/h14-20,27,33-34,36-67H,1-13H2/b28-21+,29-22+,30-23+,31-24-,32-25+,35-26?/t14-,15-,16-,17-,18-,19-,20?,27-,33?,34-,36-,37-,38-,39-,40-,41+/m1/s1. The van der Waals surface area contributed by atoms with Crippen molar-refractivity contribution in [2.24, 2.45) is 0 Å². The minimum Gasteiger partial charge on any atom is -0.506 e. The Balaban J connectivity index is 2.87. The molecule has 0 aromatic rings. The van der Waals surface area contributed by atoms with Gasteiger partial charge in [0.15, 0.2) is 70.0 Å². The fourth-order valence-electron chi connectivity index (χ4n) is 6.68. The van der Waals surface area contributed by atoms with Gasteiger partial charge in [0.25, 0.3) is 0 Å². The van der Waals surface area contributed by atoms with E-state index in [-0.39, 0.29) is 0 Å². The first-order valence-electron chi connectivity index (χ1n) is 22.3. The van der Waals surface area contributed by atoms with Gasteiger partial charge in [0.2, 0.25) is 37.2 Å².